The van der Waals surface area contributed by atoms with Crippen molar-refractivity contribution in [2.24, 2.45) is 0 Å². The molecule has 1 unspecified atom stereocenters. The van der Waals surface area contributed by atoms with Gasteiger partial charge in [-0.05, 0) is 46.7 Å². The van der Waals surface area contributed by atoms with E-state index in [1.165, 1.54) is 25.9 Å². The van der Waals surface area contributed by atoms with Crippen molar-refractivity contribution in [2.45, 2.75) is 52.1 Å². The molecule has 1 rings (SSSR count). The average molecular weight is 184 g/mol. The Morgan fingerprint density at radius 3 is 2.62 bits per heavy atom. The molecule has 1 heterocycles. The Bertz CT molecular complexity index is 154. The van der Waals surface area contributed by atoms with E-state index in [0.717, 1.165) is 12.6 Å². The molecule has 78 valence electrons. The van der Waals surface area contributed by atoms with Gasteiger partial charge in [-0.15, -0.1) is 0 Å². The monoisotopic (exact) mass is 184 g/mol. The van der Waals surface area contributed by atoms with Crippen LogP contribution >= 0.6 is 0 Å². The zero-order chi connectivity index (χ0) is 9.90. The van der Waals surface area contributed by atoms with Gasteiger partial charge in [-0.3, -0.25) is 4.90 Å². The summed E-state index contributed by atoms with van der Waals surface area (Å²) in [4.78, 5) is 2.60. The van der Waals surface area contributed by atoms with Gasteiger partial charge in [-0.2, -0.15) is 0 Å². The maximum absolute atomic E-state index is 3.53. The maximum atomic E-state index is 3.53. The number of hydrogen-bond acceptors (Lipinski definition) is 2. The predicted molar refractivity (Wildman–Crippen MR) is 58.0 cm³/mol. The van der Waals surface area contributed by atoms with Crippen LogP contribution in [0.1, 0.15) is 40.5 Å². The van der Waals surface area contributed by atoms with Crippen molar-refractivity contribution < 1.29 is 0 Å². The highest BCUT2D eigenvalue weighted by atomic mass is 15.2. The molecule has 1 N–H and O–H groups in total. The van der Waals surface area contributed by atoms with Crippen LogP contribution in [-0.2, 0) is 0 Å². The highest BCUT2D eigenvalue weighted by Crippen LogP contribution is 2.19. The molecular weight excluding hydrogens is 160 g/mol. The van der Waals surface area contributed by atoms with E-state index in [0.29, 0.717) is 0 Å². The minimum Gasteiger partial charge on any atom is -0.311 e. The van der Waals surface area contributed by atoms with Crippen molar-refractivity contribution in [1.82, 2.24) is 10.2 Å². The van der Waals surface area contributed by atoms with Crippen LogP contribution in [-0.4, -0.2) is 36.1 Å². The lowest BCUT2D eigenvalue weighted by Gasteiger charge is -2.33. The number of nitrogens with zero attached hydrogens (tertiary/aromatic N) is 1. The largest absolute Gasteiger partial charge is 0.311 e. The number of hydrogen-bond donors (Lipinski definition) is 1. The summed E-state index contributed by atoms with van der Waals surface area (Å²) < 4.78 is 0. The SMILES string of the molecule is CCNC(C)(C)CN1CCCC1C. The van der Waals surface area contributed by atoms with Crippen molar-refractivity contribution in [3.63, 3.8) is 0 Å². The smallest absolute Gasteiger partial charge is 0.0252 e. The van der Waals surface area contributed by atoms with E-state index < -0.39 is 0 Å². The van der Waals surface area contributed by atoms with Crippen LogP contribution in [0.2, 0.25) is 0 Å². The first-order chi connectivity index (χ1) is 6.05. The van der Waals surface area contributed by atoms with Crippen molar-refractivity contribution in [1.29, 1.82) is 0 Å². The molecule has 0 aromatic heterocycles. The number of likely N-dealkylation sites (N-methyl/N-ethyl adjacent to an activating group) is 1. The number of likely N-dealkylation sites (tertiary alicyclic amines) is 1. The van der Waals surface area contributed by atoms with Crippen molar-refractivity contribution >= 4 is 0 Å². The summed E-state index contributed by atoms with van der Waals surface area (Å²) in [6.45, 7) is 12.6. The molecule has 0 amide bonds. The van der Waals surface area contributed by atoms with Crippen LogP contribution in [0.15, 0.2) is 0 Å². The minimum atomic E-state index is 0.271. The lowest BCUT2D eigenvalue weighted by Crippen LogP contribution is -2.49. The first-order valence-corrected chi connectivity index (χ1v) is 5.54. The van der Waals surface area contributed by atoms with Crippen LogP contribution in [0.25, 0.3) is 0 Å². The molecule has 1 atom stereocenters. The Morgan fingerprint density at radius 1 is 1.46 bits per heavy atom. The summed E-state index contributed by atoms with van der Waals surface area (Å²) in [5.41, 5.74) is 0.271. The van der Waals surface area contributed by atoms with Gasteiger partial charge in [0.05, 0.1) is 0 Å². The summed E-state index contributed by atoms with van der Waals surface area (Å²) >= 11 is 0. The summed E-state index contributed by atoms with van der Waals surface area (Å²) in [6, 6.07) is 0.790. The molecule has 13 heavy (non-hydrogen) atoms. The average Bonchev–Trinajstić information content (AvgIpc) is 2.35. The lowest BCUT2D eigenvalue weighted by atomic mass is 10.0. The van der Waals surface area contributed by atoms with Gasteiger partial charge in [0.2, 0.25) is 0 Å². The fourth-order valence-corrected chi connectivity index (χ4v) is 2.27. The molecule has 0 bridgehead atoms. The zero-order valence-corrected chi connectivity index (χ0v) is 9.56. The van der Waals surface area contributed by atoms with E-state index in [1.807, 2.05) is 0 Å². The molecule has 0 aliphatic carbocycles. The first kappa shape index (κ1) is 11.0. The Labute approximate surface area is 82.7 Å². The zero-order valence-electron chi connectivity index (χ0n) is 9.56. The molecule has 1 saturated heterocycles. The minimum absolute atomic E-state index is 0.271. The molecule has 0 spiro atoms. The van der Waals surface area contributed by atoms with E-state index in [9.17, 15) is 0 Å². The quantitative estimate of drug-likeness (QED) is 0.717. The van der Waals surface area contributed by atoms with E-state index >= 15 is 0 Å². The van der Waals surface area contributed by atoms with Crippen LogP contribution < -0.4 is 5.32 Å². The molecule has 0 radical (unpaired) electrons. The van der Waals surface area contributed by atoms with E-state index in [2.05, 4.69) is 37.9 Å². The highest BCUT2D eigenvalue weighted by molar-refractivity contribution is 4.86. The molecule has 0 aromatic carbocycles. The Morgan fingerprint density at radius 2 is 2.15 bits per heavy atom. The molecule has 0 saturated carbocycles. The van der Waals surface area contributed by atoms with Gasteiger partial charge in [-0.1, -0.05) is 6.92 Å². The Balaban J connectivity index is 2.37. The van der Waals surface area contributed by atoms with Crippen LogP contribution in [0.3, 0.4) is 0 Å². The second-order valence-corrected chi connectivity index (χ2v) is 4.88. The third kappa shape index (κ3) is 3.28. The molecule has 2 nitrogen and oxygen atoms in total. The number of nitrogens with one attached hydrogen (secondary N) is 1. The molecule has 2 heteroatoms. The van der Waals surface area contributed by atoms with E-state index in [4.69, 9.17) is 0 Å². The third-order valence-electron chi connectivity index (χ3n) is 2.94. The van der Waals surface area contributed by atoms with Gasteiger partial charge in [0.15, 0.2) is 0 Å². The normalized spacial score (nSPS) is 25.4. The van der Waals surface area contributed by atoms with Crippen molar-refractivity contribution in [3.8, 4) is 0 Å². The van der Waals surface area contributed by atoms with Crippen molar-refractivity contribution in [2.75, 3.05) is 19.6 Å². The van der Waals surface area contributed by atoms with Gasteiger partial charge >= 0.3 is 0 Å². The van der Waals surface area contributed by atoms with Gasteiger partial charge in [-0.25, -0.2) is 0 Å². The molecule has 1 aliphatic rings. The van der Waals surface area contributed by atoms with E-state index in [-0.39, 0.29) is 5.54 Å². The second kappa shape index (κ2) is 4.43. The fraction of sp³-hybridized carbons (Fsp3) is 1.00. The first-order valence-electron chi connectivity index (χ1n) is 5.54. The molecular formula is C11H24N2. The molecule has 1 aliphatic heterocycles. The summed E-state index contributed by atoms with van der Waals surface area (Å²) in [5, 5.41) is 3.53. The van der Waals surface area contributed by atoms with Crippen LogP contribution in [0.4, 0.5) is 0 Å². The maximum Gasteiger partial charge on any atom is 0.0252 e. The summed E-state index contributed by atoms with van der Waals surface area (Å²) in [7, 11) is 0. The highest BCUT2D eigenvalue weighted by Gasteiger charge is 2.26. The summed E-state index contributed by atoms with van der Waals surface area (Å²) in [6.07, 6.45) is 2.76. The fourth-order valence-electron chi connectivity index (χ4n) is 2.27. The molecule has 1 fully saturated rings. The summed E-state index contributed by atoms with van der Waals surface area (Å²) in [5.74, 6) is 0. The third-order valence-corrected chi connectivity index (χ3v) is 2.94. The van der Waals surface area contributed by atoms with Crippen LogP contribution in [0, 0.1) is 0 Å². The van der Waals surface area contributed by atoms with Gasteiger partial charge in [0.1, 0.15) is 0 Å². The van der Waals surface area contributed by atoms with Gasteiger partial charge in [0, 0.05) is 18.1 Å². The van der Waals surface area contributed by atoms with Gasteiger partial charge < -0.3 is 5.32 Å². The van der Waals surface area contributed by atoms with Crippen LogP contribution in [0.5, 0.6) is 0 Å². The van der Waals surface area contributed by atoms with Gasteiger partial charge in [0.25, 0.3) is 0 Å². The predicted octanol–water partition coefficient (Wildman–Crippen LogP) is 1.86. The van der Waals surface area contributed by atoms with E-state index in [1.54, 1.807) is 0 Å². The topological polar surface area (TPSA) is 15.3 Å². The standard InChI is InChI=1S/C11H24N2/c1-5-12-11(3,4)9-13-8-6-7-10(13)2/h10,12H,5-9H2,1-4H3. The Kier molecular flexibility index (Phi) is 3.74. The lowest BCUT2D eigenvalue weighted by molar-refractivity contribution is 0.197. The Hall–Kier alpha value is -0.0800. The van der Waals surface area contributed by atoms with Crippen molar-refractivity contribution in [3.05, 3.63) is 0 Å². The number of rotatable bonds is 4. The second-order valence-electron chi connectivity index (χ2n) is 4.88. The molecule has 0 aromatic rings.